The van der Waals surface area contributed by atoms with Gasteiger partial charge in [-0.25, -0.2) is 9.67 Å². The standard InChI is InChI=1S/C24H35N7O/c1-4-9-28-13-15-29(16-14-28)10-7-8-25-21(32)18-31-23-22(19(2)17-20(3)26-23)24(27-31)30-11-5-6-12-30/h5-6,11-12,17H,4,7-10,13-16,18H2,1-3H3,(H,25,32). The maximum Gasteiger partial charge on any atom is 0.241 e. The van der Waals surface area contributed by atoms with Crippen LogP contribution in [0.3, 0.4) is 0 Å². The smallest absolute Gasteiger partial charge is 0.241 e. The van der Waals surface area contributed by atoms with Gasteiger partial charge in [-0.1, -0.05) is 6.92 Å². The highest BCUT2D eigenvalue weighted by Crippen LogP contribution is 2.25. The van der Waals surface area contributed by atoms with E-state index >= 15 is 0 Å². The zero-order chi connectivity index (χ0) is 22.5. The Hall–Kier alpha value is -2.71. The van der Waals surface area contributed by atoms with Gasteiger partial charge in [0.05, 0.1) is 5.39 Å². The molecule has 3 aromatic rings. The van der Waals surface area contributed by atoms with Crippen LogP contribution in [0.25, 0.3) is 16.9 Å². The zero-order valence-electron chi connectivity index (χ0n) is 19.5. The summed E-state index contributed by atoms with van der Waals surface area (Å²) < 4.78 is 3.70. The van der Waals surface area contributed by atoms with Crippen LogP contribution in [0.2, 0.25) is 0 Å². The molecular formula is C24H35N7O. The summed E-state index contributed by atoms with van der Waals surface area (Å²) >= 11 is 0. The Balaban J connectivity index is 1.33. The molecule has 0 atom stereocenters. The fourth-order valence-electron chi connectivity index (χ4n) is 4.53. The van der Waals surface area contributed by atoms with Gasteiger partial charge in [0.1, 0.15) is 6.54 Å². The third kappa shape index (κ3) is 5.19. The fourth-order valence-corrected chi connectivity index (χ4v) is 4.53. The molecule has 0 unspecified atom stereocenters. The second-order valence-electron chi connectivity index (χ2n) is 8.74. The summed E-state index contributed by atoms with van der Waals surface area (Å²) in [5.41, 5.74) is 2.79. The first-order valence-corrected chi connectivity index (χ1v) is 11.7. The molecule has 1 fully saturated rings. The average molecular weight is 438 g/mol. The number of amides is 1. The van der Waals surface area contributed by atoms with Crippen molar-refractivity contribution in [1.29, 1.82) is 0 Å². The van der Waals surface area contributed by atoms with Gasteiger partial charge < -0.3 is 19.7 Å². The Bertz CT molecular complexity index is 1030. The van der Waals surface area contributed by atoms with E-state index in [1.165, 1.54) is 13.0 Å². The lowest BCUT2D eigenvalue weighted by Crippen LogP contribution is -2.47. The van der Waals surface area contributed by atoms with Crippen LogP contribution in [0.4, 0.5) is 0 Å². The minimum absolute atomic E-state index is 0.0258. The van der Waals surface area contributed by atoms with E-state index in [0.717, 1.165) is 67.3 Å². The van der Waals surface area contributed by atoms with Gasteiger partial charge in [0.2, 0.25) is 5.91 Å². The highest BCUT2D eigenvalue weighted by Gasteiger charge is 2.18. The number of fused-ring (bicyclic) bond motifs is 1. The third-order valence-corrected chi connectivity index (χ3v) is 6.13. The van der Waals surface area contributed by atoms with Crippen molar-refractivity contribution in [2.45, 2.75) is 40.2 Å². The highest BCUT2D eigenvalue weighted by atomic mass is 16.2. The van der Waals surface area contributed by atoms with E-state index in [1.54, 1.807) is 4.68 Å². The summed E-state index contributed by atoms with van der Waals surface area (Å²) in [4.78, 5) is 22.4. The Morgan fingerprint density at radius 1 is 1.06 bits per heavy atom. The molecule has 1 amide bonds. The molecule has 0 saturated carbocycles. The molecule has 1 saturated heterocycles. The first kappa shape index (κ1) is 22.5. The molecule has 1 aliphatic rings. The molecule has 0 bridgehead atoms. The summed E-state index contributed by atoms with van der Waals surface area (Å²) in [6.07, 6.45) is 6.12. The van der Waals surface area contributed by atoms with Gasteiger partial charge in [0.25, 0.3) is 0 Å². The maximum absolute atomic E-state index is 12.7. The van der Waals surface area contributed by atoms with Crippen molar-refractivity contribution in [1.82, 2.24) is 34.4 Å². The van der Waals surface area contributed by atoms with Crippen LogP contribution < -0.4 is 5.32 Å². The van der Waals surface area contributed by atoms with Crippen LogP contribution in [0.5, 0.6) is 0 Å². The van der Waals surface area contributed by atoms with Gasteiger partial charge >= 0.3 is 0 Å². The largest absolute Gasteiger partial charge is 0.354 e. The number of carbonyl (C=O) groups is 1. The predicted molar refractivity (Wildman–Crippen MR) is 127 cm³/mol. The summed E-state index contributed by atoms with van der Waals surface area (Å²) in [5.74, 6) is 0.784. The molecule has 172 valence electrons. The van der Waals surface area contributed by atoms with Crippen molar-refractivity contribution < 1.29 is 4.79 Å². The minimum Gasteiger partial charge on any atom is -0.354 e. The number of hydrogen-bond donors (Lipinski definition) is 1. The van der Waals surface area contributed by atoms with Gasteiger partial charge in [-0.2, -0.15) is 5.10 Å². The lowest BCUT2D eigenvalue weighted by atomic mass is 10.2. The number of rotatable bonds is 9. The summed E-state index contributed by atoms with van der Waals surface area (Å²) in [6, 6.07) is 6.00. The number of hydrogen-bond acceptors (Lipinski definition) is 5. The van der Waals surface area contributed by atoms with Gasteiger partial charge in [-0.05, 0) is 63.5 Å². The number of carbonyl (C=O) groups excluding carboxylic acids is 1. The highest BCUT2D eigenvalue weighted by molar-refractivity contribution is 5.88. The number of piperazine rings is 1. The van der Waals surface area contributed by atoms with E-state index < -0.39 is 0 Å². The summed E-state index contributed by atoms with van der Waals surface area (Å²) in [6.45, 7) is 13.9. The Morgan fingerprint density at radius 3 is 2.44 bits per heavy atom. The first-order chi connectivity index (χ1) is 15.5. The lowest BCUT2D eigenvalue weighted by molar-refractivity contribution is -0.121. The maximum atomic E-state index is 12.7. The van der Waals surface area contributed by atoms with Crippen LogP contribution in [-0.4, -0.2) is 80.9 Å². The molecule has 8 heteroatoms. The zero-order valence-corrected chi connectivity index (χ0v) is 19.5. The number of aromatic nitrogens is 4. The molecular weight excluding hydrogens is 402 g/mol. The molecule has 0 aliphatic carbocycles. The van der Waals surface area contributed by atoms with E-state index in [1.807, 2.05) is 36.0 Å². The normalized spacial score (nSPS) is 15.5. The predicted octanol–water partition coefficient (Wildman–Crippen LogP) is 2.37. The Morgan fingerprint density at radius 2 is 1.75 bits per heavy atom. The van der Waals surface area contributed by atoms with Crippen molar-refractivity contribution in [3.8, 4) is 5.82 Å². The topological polar surface area (TPSA) is 71.2 Å². The van der Waals surface area contributed by atoms with E-state index in [0.29, 0.717) is 6.54 Å². The van der Waals surface area contributed by atoms with E-state index in [9.17, 15) is 4.79 Å². The Labute approximate surface area is 190 Å². The fraction of sp³-hybridized carbons (Fsp3) is 0.542. The van der Waals surface area contributed by atoms with Gasteiger partial charge in [-0.3, -0.25) is 4.79 Å². The average Bonchev–Trinajstić information content (AvgIpc) is 3.41. The van der Waals surface area contributed by atoms with E-state index in [4.69, 9.17) is 10.1 Å². The van der Waals surface area contributed by atoms with Gasteiger partial charge in [0.15, 0.2) is 11.5 Å². The number of nitrogens with one attached hydrogen (secondary N) is 1. The van der Waals surface area contributed by atoms with Crippen LogP contribution >= 0.6 is 0 Å². The Kier molecular flexibility index (Phi) is 7.22. The van der Waals surface area contributed by atoms with Crippen LogP contribution in [0.15, 0.2) is 30.6 Å². The van der Waals surface area contributed by atoms with Crippen LogP contribution in [0, 0.1) is 13.8 Å². The molecule has 4 rings (SSSR count). The van der Waals surface area contributed by atoms with Crippen molar-refractivity contribution in [2.24, 2.45) is 0 Å². The second kappa shape index (κ2) is 10.3. The quantitative estimate of drug-likeness (QED) is 0.521. The van der Waals surface area contributed by atoms with Gasteiger partial charge in [-0.15, -0.1) is 0 Å². The van der Waals surface area contributed by atoms with Crippen molar-refractivity contribution in [3.05, 3.63) is 41.9 Å². The molecule has 0 spiro atoms. The van der Waals surface area contributed by atoms with Crippen molar-refractivity contribution in [2.75, 3.05) is 45.8 Å². The molecule has 3 aromatic heterocycles. The van der Waals surface area contributed by atoms with Crippen LogP contribution in [0.1, 0.15) is 31.0 Å². The summed E-state index contributed by atoms with van der Waals surface area (Å²) in [7, 11) is 0. The molecule has 8 nitrogen and oxygen atoms in total. The SMILES string of the molecule is CCCN1CCN(CCCNC(=O)Cn2nc(-n3cccc3)c3c(C)cc(C)nc32)CC1. The lowest BCUT2D eigenvalue weighted by Gasteiger charge is -2.34. The molecule has 1 N–H and O–H groups in total. The van der Waals surface area contributed by atoms with Crippen LogP contribution in [-0.2, 0) is 11.3 Å². The molecule has 4 heterocycles. The third-order valence-electron chi connectivity index (χ3n) is 6.13. The number of nitrogens with zero attached hydrogens (tertiary/aromatic N) is 6. The minimum atomic E-state index is -0.0258. The second-order valence-corrected chi connectivity index (χ2v) is 8.74. The molecule has 0 radical (unpaired) electrons. The monoisotopic (exact) mass is 437 g/mol. The number of pyridine rings is 1. The summed E-state index contributed by atoms with van der Waals surface area (Å²) in [5, 5.41) is 8.80. The number of aryl methyl sites for hydroxylation is 2. The van der Waals surface area contributed by atoms with Gasteiger partial charge in [0, 0.05) is 50.8 Å². The van der Waals surface area contributed by atoms with Crippen molar-refractivity contribution in [3.63, 3.8) is 0 Å². The van der Waals surface area contributed by atoms with E-state index in [-0.39, 0.29) is 12.5 Å². The molecule has 0 aromatic carbocycles. The molecule has 1 aliphatic heterocycles. The first-order valence-electron chi connectivity index (χ1n) is 11.7. The molecule has 32 heavy (non-hydrogen) atoms. The van der Waals surface area contributed by atoms with E-state index in [2.05, 4.69) is 35.0 Å². The van der Waals surface area contributed by atoms with Crippen molar-refractivity contribution >= 4 is 16.9 Å².